The third-order valence-corrected chi connectivity index (χ3v) is 5.11. The molecular formula is C25H27N3O3. The van der Waals surface area contributed by atoms with Gasteiger partial charge in [-0.15, -0.1) is 0 Å². The average Bonchev–Trinajstić information content (AvgIpc) is 2.76. The van der Waals surface area contributed by atoms with Crippen molar-refractivity contribution in [3.05, 3.63) is 83.4 Å². The maximum atomic E-state index is 12.7. The van der Waals surface area contributed by atoms with E-state index in [1.54, 1.807) is 12.1 Å². The molecule has 31 heavy (non-hydrogen) atoms. The van der Waals surface area contributed by atoms with Crippen molar-refractivity contribution in [1.82, 2.24) is 16.2 Å². The summed E-state index contributed by atoms with van der Waals surface area (Å²) in [5, 5.41) is 4.87. The van der Waals surface area contributed by atoms with Crippen LogP contribution in [0, 0.1) is 12.8 Å². The zero-order chi connectivity index (χ0) is 22.4. The van der Waals surface area contributed by atoms with Crippen molar-refractivity contribution in [2.24, 2.45) is 5.92 Å². The Balaban J connectivity index is 1.61. The summed E-state index contributed by atoms with van der Waals surface area (Å²) in [6, 6.07) is 19.9. The van der Waals surface area contributed by atoms with Crippen molar-refractivity contribution in [2.45, 2.75) is 33.2 Å². The van der Waals surface area contributed by atoms with E-state index in [4.69, 9.17) is 0 Å². The van der Waals surface area contributed by atoms with Gasteiger partial charge in [0.2, 0.25) is 5.91 Å². The summed E-state index contributed by atoms with van der Waals surface area (Å²) in [6.07, 6.45) is 0.160. The molecule has 3 amide bonds. The van der Waals surface area contributed by atoms with E-state index in [2.05, 4.69) is 16.2 Å². The molecule has 0 saturated carbocycles. The fourth-order valence-electron chi connectivity index (χ4n) is 3.35. The lowest BCUT2D eigenvalue weighted by atomic mass is 10.0. The molecule has 0 aliphatic heterocycles. The number of carbonyl (C=O) groups is 3. The SMILES string of the molecule is Cc1ccc(C(=O)NNC(=O)[C@@H](NC(=O)Cc2cccc3ccccc23)C(C)C)cc1. The number of hydrogen-bond acceptors (Lipinski definition) is 3. The molecule has 6 heteroatoms. The van der Waals surface area contributed by atoms with Crippen molar-refractivity contribution in [1.29, 1.82) is 0 Å². The Morgan fingerprint density at radius 2 is 1.52 bits per heavy atom. The molecule has 6 nitrogen and oxygen atoms in total. The van der Waals surface area contributed by atoms with Gasteiger partial charge in [-0.1, -0.05) is 74.0 Å². The summed E-state index contributed by atoms with van der Waals surface area (Å²) in [5.74, 6) is -1.30. The van der Waals surface area contributed by atoms with Crippen LogP contribution >= 0.6 is 0 Å². The minimum atomic E-state index is -0.777. The van der Waals surface area contributed by atoms with Crippen LogP contribution in [-0.4, -0.2) is 23.8 Å². The van der Waals surface area contributed by atoms with Crippen molar-refractivity contribution in [3.63, 3.8) is 0 Å². The molecule has 0 saturated heterocycles. The summed E-state index contributed by atoms with van der Waals surface area (Å²) < 4.78 is 0. The van der Waals surface area contributed by atoms with Crippen molar-refractivity contribution < 1.29 is 14.4 Å². The van der Waals surface area contributed by atoms with Gasteiger partial charge in [-0.3, -0.25) is 25.2 Å². The third kappa shape index (κ3) is 5.69. The number of hydrazine groups is 1. The highest BCUT2D eigenvalue weighted by Gasteiger charge is 2.25. The first-order valence-corrected chi connectivity index (χ1v) is 10.3. The minimum Gasteiger partial charge on any atom is -0.344 e. The molecule has 160 valence electrons. The third-order valence-electron chi connectivity index (χ3n) is 5.11. The zero-order valence-corrected chi connectivity index (χ0v) is 17.9. The molecule has 1 atom stereocenters. The van der Waals surface area contributed by atoms with E-state index in [0.29, 0.717) is 5.56 Å². The highest BCUT2D eigenvalue weighted by Crippen LogP contribution is 2.19. The Morgan fingerprint density at radius 1 is 0.839 bits per heavy atom. The molecule has 0 radical (unpaired) electrons. The van der Waals surface area contributed by atoms with E-state index in [1.165, 1.54) is 0 Å². The molecule has 3 N–H and O–H groups in total. The number of hydrogen-bond donors (Lipinski definition) is 3. The summed E-state index contributed by atoms with van der Waals surface area (Å²) >= 11 is 0. The highest BCUT2D eigenvalue weighted by molar-refractivity contribution is 5.97. The van der Waals surface area contributed by atoms with E-state index >= 15 is 0 Å². The number of fused-ring (bicyclic) bond motifs is 1. The van der Waals surface area contributed by atoms with Gasteiger partial charge >= 0.3 is 0 Å². The Kier molecular flexibility index (Phi) is 7.03. The maximum Gasteiger partial charge on any atom is 0.269 e. The van der Waals surface area contributed by atoms with Crippen molar-refractivity contribution >= 4 is 28.5 Å². The number of nitrogens with one attached hydrogen (secondary N) is 3. The molecule has 0 aliphatic carbocycles. The lowest BCUT2D eigenvalue weighted by Gasteiger charge is -2.22. The Morgan fingerprint density at radius 3 is 2.23 bits per heavy atom. The van der Waals surface area contributed by atoms with Gasteiger partial charge in [0.15, 0.2) is 0 Å². The zero-order valence-electron chi connectivity index (χ0n) is 17.9. The summed E-state index contributed by atoms with van der Waals surface area (Å²) in [6.45, 7) is 5.60. The largest absolute Gasteiger partial charge is 0.344 e. The number of benzene rings is 3. The second kappa shape index (κ2) is 9.89. The summed E-state index contributed by atoms with van der Waals surface area (Å²) in [4.78, 5) is 37.6. The van der Waals surface area contributed by atoms with Crippen LogP contribution in [0.25, 0.3) is 10.8 Å². The molecule has 0 aromatic heterocycles. The molecular weight excluding hydrogens is 390 g/mol. The van der Waals surface area contributed by atoms with Crippen LogP contribution in [0.1, 0.15) is 35.3 Å². The smallest absolute Gasteiger partial charge is 0.269 e. The highest BCUT2D eigenvalue weighted by atomic mass is 16.2. The van der Waals surface area contributed by atoms with Crippen LogP contribution in [0.2, 0.25) is 0 Å². The first-order valence-electron chi connectivity index (χ1n) is 10.3. The van der Waals surface area contributed by atoms with E-state index in [-0.39, 0.29) is 18.2 Å². The van der Waals surface area contributed by atoms with Crippen LogP contribution < -0.4 is 16.2 Å². The average molecular weight is 418 g/mol. The predicted molar refractivity (Wildman–Crippen MR) is 121 cm³/mol. The molecule has 0 heterocycles. The van der Waals surface area contributed by atoms with Gasteiger partial charge in [0, 0.05) is 5.56 Å². The maximum absolute atomic E-state index is 12.7. The van der Waals surface area contributed by atoms with Gasteiger partial charge in [-0.25, -0.2) is 0 Å². The lowest BCUT2D eigenvalue weighted by molar-refractivity contribution is -0.130. The Labute approximate surface area is 182 Å². The van der Waals surface area contributed by atoms with Crippen LogP contribution in [0.15, 0.2) is 66.7 Å². The second-order valence-corrected chi connectivity index (χ2v) is 7.91. The molecule has 0 bridgehead atoms. The molecule has 0 fully saturated rings. The fourth-order valence-corrected chi connectivity index (χ4v) is 3.35. The van der Waals surface area contributed by atoms with E-state index in [1.807, 2.05) is 75.4 Å². The second-order valence-electron chi connectivity index (χ2n) is 7.91. The normalized spacial score (nSPS) is 11.7. The molecule has 3 rings (SSSR count). The van der Waals surface area contributed by atoms with E-state index < -0.39 is 17.9 Å². The minimum absolute atomic E-state index is 0.159. The fraction of sp³-hybridized carbons (Fsp3) is 0.240. The molecule has 0 aliphatic rings. The lowest BCUT2D eigenvalue weighted by Crippen LogP contribution is -2.54. The molecule has 0 spiro atoms. The number of rotatable bonds is 6. The summed E-state index contributed by atoms with van der Waals surface area (Å²) in [7, 11) is 0. The van der Waals surface area contributed by atoms with Gasteiger partial charge in [0.1, 0.15) is 6.04 Å². The number of carbonyl (C=O) groups excluding carboxylic acids is 3. The van der Waals surface area contributed by atoms with Gasteiger partial charge in [-0.05, 0) is 41.3 Å². The van der Waals surface area contributed by atoms with E-state index in [0.717, 1.165) is 21.9 Å². The van der Waals surface area contributed by atoms with Crippen LogP contribution in [-0.2, 0) is 16.0 Å². The summed E-state index contributed by atoms with van der Waals surface area (Å²) in [5.41, 5.74) is 7.20. The van der Waals surface area contributed by atoms with Crippen molar-refractivity contribution in [2.75, 3.05) is 0 Å². The van der Waals surface area contributed by atoms with Crippen LogP contribution in [0.3, 0.4) is 0 Å². The first-order chi connectivity index (χ1) is 14.8. The quantitative estimate of drug-likeness (QED) is 0.538. The number of aryl methyl sites for hydroxylation is 1. The standard InChI is InChI=1S/C25H27N3O3/c1-16(2)23(25(31)28-27-24(30)19-13-11-17(3)12-14-19)26-22(29)15-20-9-6-8-18-7-4-5-10-21(18)20/h4-14,16,23H,15H2,1-3H3,(H,26,29)(H,27,30)(H,28,31)/t23-/m0/s1. The van der Waals surface area contributed by atoms with Gasteiger partial charge in [0.05, 0.1) is 6.42 Å². The molecule has 3 aromatic carbocycles. The predicted octanol–water partition coefficient (Wildman–Crippen LogP) is 3.29. The Hall–Kier alpha value is -3.67. The van der Waals surface area contributed by atoms with E-state index in [9.17, 15) is 14.4 Å². The molecule has 0 unspecified atom stereocenters. The van der Waals surface area contributed by atoms with Crippen molar-refractivity contribution in [3.8, 4) is 0 Å². The topological polar surface area (TPSA) is 87.3 Å². The van der Waals surface area contributed by atoms with Gasteiger partial charge in [-0.2, -0.15) is 0 Å². The number of amides is 3. The first kappa shape index (κ1) is 22.0. The Bertz CT molecular complexity index is 1090. The van der Waals surface area contributed by atoms with Crippen LogP contribution in [0.5, 0.6) is 0 Å². The monoisotopic (exact) mass is 417 g/mol. The molecule has 3 aromatic rings. The van der Waals surface area contributed by atoms with Gasteiger partial charge < -0.3 is 5.32 Å². The van der Waals surface area contributed by atoms with Gasteiger partial charge in [0.25, 0.3) is 11.8 Å². The van der Waals surface area contributed by atoms with Crippen LogP contribution in [0.4, 0.5) is 0 Å².